The predicted octanol–water partition coefficient (Wildman–Crippen LogP) is 5.12. The summed E-state index contributed by atoms with van der Waals surface area (Å²) in [4.78, 5) is 11.3. The van der Waals surface area contributed by atoms with Crippen molar-refractivity contribution in [2.75, 3.05) is 0 Å². The molecule has 0 atom stereocenters. The Morgan fingerprint density at radius 2 is 1.94 bits per heavy atom. The summed E-state index contributed by atoms with van der Waals surface area (Å²) in [6.07, 6.45) is 6.15. The van der Waals surface area contributed by atoms with Gasteiger partial charge in [0.25, 0.3) is 0 Å². The molecule has 3 aromatic rings. The summed E-state index contributed by atoms with van der Waals surface area (Å²) in [6, 6.07) is 7.50. The predicted molar refractivity (Wildman–Crippen MR) is 109 cm³/mol. The molecule has 1 saturated carbocycles. The third-order valence-electron chi connectivity index (χ3n) is 5.37. The van der Waals surface area contributed by atoms with Crippen molar-refractivity contribution < 1.29 is 13.2 Å². The van der Waals surface area contributed by atoms with E-state index in [4.69, 9.17) is 10.7 Å². The lowest BCUT2D eigenvalue weighted by atomic mass is 9.91. The van der Waals surface area contributed by atoms with Crippen LogP contribution in [0.4, 0.5) is 13.2 Å². The second-order valence-corrected chi connectivity index (χ2v) is 7.48. The van der Waals surface area contributed by atoms with Crippen molar-refractivity contribution in [3.8, 4) is 17.3 Å². The molecule has 1 fully saturated rings. The van der Waals surface area contributed by atoms with Gasteiger partial charge in [-0.15, -0.1) is 0 Å². The van der Waals surface area contributed by atoms with Crippen LogP contribution in [-0.4, -0.2) is 31.2 Å². The van der Waals surface area contributed by atoms with Gasteiger partial charge in [0.15, 0.2) is 0 Å². The minimum Gasteiger partial charge on any atom is -0.330 e. The van der Waals surface area contributed by atoms with E-state index in [1.54, 1.807) is 29.1 Å². The number of nitriles is 1. The maximum atomic E-state index is 13.7. The Morgan fingerprint density at radius 3 is 2.58 bits per heavy atom. The van der Waals surface area contributed by atoms with Crippen molar-refractivity contribution in [3.05, 3.63) is 65.9 Å². The zero-order valence-electron chi connectivity index (χ0n) is 16.4. The van der Waals surface area contributed by atoms with Crippen LogP contribution in [0.15, 0.2) is 42.9 Å². The second kappa shape index (κ2) is 8.22. The monoisotopic (exact) mass is 424 g/mol. The van der Waals surface area contributed by atoms with Gasteiger partial charge in [0.1, 0.15) is 23.4 Å². The molecule has 4 rings (SSSR count). The summed E-state index contributed by atoms with van der Waals surface area (Å²) >= 11 is 0. The number of benzene rings is 1. The van der Waals surface area contributed by atoms with Crippen molar-refractivity contribution in [1.82, 2.24) is 19.5 Å². The lowest BCUT2D eigenvalue weighted by Crippen LogP contribution is -2.27. The standard InChI is InChI=1S/C22H19F3N6/c23-15-3-1-14(2-4-15)20-21(18(27)5-6-19-28-12-16(11-26)30-19)31(13-29-20)17-7-9-22(24,25)10-8-17/h1-6,12-13,17,27H,7-10H2,(H,28,30)/b6-5-,27-18?. The van der Waals surface area contributed by atoms with Gasteiger partial charge in [0.05, 0.1) is 29.6 Å². The van der Waals surface area contributed by atoms with Crippen LogP contribution >= 0.6 is 0 Å². The van der Waals surface area contributed by atoms with E-state index in [0.717, 1.165) is 0 Å². The molecule has 0 bridgehead atoms. The number of alkyl halides is 2. The first kappa shape index (κ1) is 20.6. The fraction of sp³-hybridized carbons (Fsp3) is 0.273. The van der Waals surface area contributed by atoms with Gasteiger partial charge in [-0.05, 0) is 49.3 Å². The number of H-pyrrole nitrogens is 1. The van der Waals surface area contributed by atoms with Gasteiger partial charge in [-0.2, -0.15) is 5.26 Å². The van der Waals surface area contributed by atoms with Crippen LogP contribution in [0.1, 0.15) is 48.9 Å². The fourth-order valence-corrected chi connectivity index (χ4v) is 3.75. The molecular weight excluding hydrogens is 405 g/mol. The topological polar surface area (TPSA) is 94.1 Å². The number of aromatic amines is 1. The summed E-state index contributed by atoms with van der Waals surface area (Å²) in [5, 5.41) is 17.5. The van der Waals surface area contributed by atoms with E-state index in [2.05, 4.69) is 15.0 Å². The Hall–Kier alpha value is -3.67. The SMILES string of the molecule is N#Cc1cnc(/C=C\C(=N)c2c(-c3ccc(F)cc3)ncn2C2CCC(F)(F)CC2)[nH]1. The zero-order chi connectivity index (χ0) is 22.0. The first-order chi connectivity index (χ1) is 14.9. The zero-order valence-corrected chi connectivity index (χ0v) is 16.4. The van der Waals surface area contributed by atoms with E-state index in [1.807, 2.05) is 6.07 Å². The molecule has 2 aromatic heterocycles. The largest absolute Gasteiger partial charge is 0.330 e. The van der Waals surface area contributed by atoms with Crippen LogP contribution in [0, 0.1) is 22.6 Å². The Kier molecular flexibility index (Phi) is 5.46. The molecule has 1 aromatic carbocycles. The van der Waals surface area contributed by atoms with Crippen LogP contribution < -0.4 is 0 Å². The summed E-state index contributed by atoms with van der Waals surface area (Å²) in [5.74, 6) is -2.64. The van der Waals surface area contributed by atoms with E-state index in [9.17, 15) is 13.2 Å². The molecule has 6 nitrogen and oxygen atoms in total. The van der Waals surface area contributed by atoms with Crippen LogP contribution in [0.25, 0.3) is 17.3 Å². The molecular formula is C22H19F3N6. The molecule has 158 valence electrons. The maximum Gasteiger partial charge on any atom is 0.248 e. The third kappa shape index (κ3) is 4.43. The van der Waals surface area contributed by atoms with Crippen molar-refractivity contribution in [2.24, 2.45) is 0 Å². The summed E-state index contributed by atoms with van der Waals surface area (Å²) in [7, 11) is 0. The van der Waals surface area contributed by atoms with Gasteiger partial charge in [0.2, 0.25) is 5.92 Å². The normalized spacial score (nSPS) is 16.5. The fourth-order valence-electron chi connectivity index (χ4n) is 3.75. The van der Waals surface area contributed by atoms with Crippen molar-refractivity contribution in [1.29, 1.82) is 10.7 Å². The van der Waals surface area contributed by atoms with Gasteiger partial charge in [0, 0.05) is 24.4 Å². The van der Waals surface area contributed by atoms with E-state index in [-0.39, 0.29) is 43.3 Å². The van der Waals surface area contributed by atoms with Gasteiger partial charge >= 0.3 is 0 Å². The van der Waals surface area contributed by atoms with Crippen molar-refractivity contribution in [3.63, 3.8) is 0 Å². The number of halogens is 3. The Bertz CT molecular complexity index is 1160. The molecule has 1 aliphatic rings. The smallest absolute Gasteiger partial charge is 0.248 e. The molecule has 1 aliphatic carbocycles. The summed E-state index contributed by atoms with van der Waals surface area (Å²) in [5.41, 5.74) is 1.96. The minimum atomic E-state index is -2.66. The van der Waals surface area contributed by atoms with Gasteiger partial charge in [-0.1, -0.05) is 0 Å². The van der Waals surface area contributed by atoms with E-state index in [0.29, 0.717) is 28.5 Å². The lowest BCUT2D eigenvalue weighted by Gasteiger charge is -2.30. The molecule has 0 aliphatic heterocycles. The Morgan fingerprint density at radius 1 is 1.23 bits per heavy atom. The van der Waals surface area contributed by atoms with Crippen LogP contribution in [0.2, 0.25) is 0 Å². The Balaban J connectivity index is 1.70. The molecule has 0 unspecified atom stereocenters. The van der Waals surface area contributed by atoms with Crippen LogP contribution in [0.5, 0.6) is 0 Å². The first-order valence-electron chi connectivity index (χ1n) is 9.79. The molecule has 31 heavy (non-hydrogen) atoms. The number of hydrogen-bond donors (Lipinski definition) is 2. The second-order valence-electron chi connectivity index (χ2n) is 7.48. The highest BCUT2D eigenvalue weighted by molar-refractivity contribution is 6.10. The molecule has 9 heteroatoms. The van der Waals surface area contributed by atoms with Crippen LogP contribution in [0.3, 0.4) is 0 Å². The number of nitrogens with one attached hydrogen (secondary N) is 2. The number of hydrogen-bond acceptors (Lipinski definition) is 4. The highest BCUT2D eigenvalue weighted by Crippen LogP contribution is 2.40. The summed E-state index contributed by atoms with van der Waals surface area (Å²) in [6.45, 7) is 0. The molecule has 2 heterocycles. The van der Waals surface area contributed by atoms with E-state index >= 15 is 0 Å². The lowest BCUT2D eigenvalue weighted by molar-refractivity contribution is -0.0439. The average molecular weight is 424 g/mol. The van der Waals surface area contributed by atoms with Crippen LogP contribution in [-0.2, 0) is 0 Å². The van der Waals surface area contributed by atoms with E-state index < -0.39 is 5.92 Å². The van der Waals surface area contributed by atoms with Gasteiger partial charge in [-0.3, -0.25) is 5.41 Å². The molecule has 0 radical (unpaired) electrons. The quantitative estimate of drug-likeness (QED) is 0.557. The summed E-state index contributed by atoms with van der Waals surface area (Å²) < 4.78 is 42.5. The average Bonchev–Trinajstić information content (AvgIpc) is 3.40. The number of aromatic nitrogens is 4. The molecule has 0 amide bonds. The number of nitrogens with zero attached hydrogens (tertiary/aromatic N) is 4. The Labute approximate surface area is 176 Å². The van der Waals surface area contributed by atoms with Crippen molar-refractivity contribution >= 4 is 11.8 Å². The molecule has 0 saturated heterocycles. The highest BCUT2D eigenvalue weighted by atomic mass is 19.3. The van der Waals surface area contributed by atoms with E-state index in [1.165, 1.54) is 24.4 Å². The number of imidazole rings is 2. The first-order valence-corrected chi connectivity index (χ1v) is 9.79. The third-order valence-corrected chi connectivity index (χ3v) is 5.37. The van der Waals surface area contributed by atoms with Gasteiger partial charge < -0.3 is 9.55 Å². The molecule has 2 N–H and O–H groups in total. The number of rotatable bonds is 5. The van der Waals surface area contributed by atoms with Gasteiger partial charge in [-0.25, -0.2) is 23.1 Å². The molecule has 0 spiro atoms. The minimum absolute atomic E-state index is 0.101. The number of allylic oxidation sites excluding steroid dienone is 1. The van der Waals surface area contributed by atoms with Crippen molar-refractivity contribution in [2.45, 2.75) is 37.6 Å². The maximum absolute atomic E-state index is 13.7. The highest BCUT2D eigenvalue weighted by Gasteiger charge is 2.36.